The minimum Gasteiger partial charge on any atom is -0.348 e. The van der Waals surface area contributed by atoms with Gasteiger partial charge in [-0.2, -0.15) is 0 Å². The minimum absolute atomic E-state index is 0.0323. The van der Waals surface area contributed by atoms with Gasteiger partial charge < -0.3 is 10.6 Å². The maximum atomic E-state index is 11.4. The van der Waals surface area contributed by atoms with Crippen molar-refractivity contribution in [2.45, 2.75) is 30.7 Å². The fourth-order valence-electron chi connectivity index (χ4n) is 2.25. The number of hydrogen-bond donors (Lipinski definition) is 2. The number of fused-ring (bicyclic) bond motifs is 1. The molecule has 74 valence electrons. The van der Waals surface area contributed by atoms with Crippen LogP contribution in [0.1, 0.15) is 19.8 Å². The zero-order valence-electron chi connectivity index (χ0n) is 7.77. The molecule has 1 amide bonds. The highest BCUT2D eigenvalue weighted by atomic mass is 35.5. The Morgan fingerprint density at radius 3 is 3.00 bits per heavy atom. The van der Waals surface area contributed by atoms with Crippen LogP contribution in [-0.4, -0.2) is 29.9 Å². The first-order valence-electron chi connectivity index (χ1n) is 4.81. The number of carbonyl (C=O) groups excluding carboxylic acids is 1. The van der Waals surface area contributed by atoms with Gasteiger partial charge in [-0.3, -0.25) is 4.79 Å². The van der Waals surface area contributed by atoms with Crippen molar-refractivity contribution in [1.82, 2.24) is 10.6 Å². The number of rotatable bonds is 2. The third kappa shape index (κ3) is 1.44. The molecule has 3 atom stereocenters. The second-order valence-electron chi connectivity index (χ2n) is 4.13. The van der Waals surface area contributed by atoms with E-state index in [0.717, 1.165) is 19.5 Å². The van der Waals surface area contributed by atoms with Gasteiger partial charge in [-0.15, -0.1) is 11.6 Å². The van der Waals surface area contributed by atoms with Gasteiger partial charge in [-0.1, -0.05) is 0 Å². The highest BCUT2D eigenvalue weighted by molar-refractivity contribution is 6.30. The molecule has 1 aliphatic heterocycles. The van der Waals surface area contributed by atoms with Crippen molar-refractivity contribution < 1.29 is 4.79 Å². The standard InChI is InChI=1S/C9H15ClN2O/c1-6(10)8(13)12-9-3-2-7(9)4-11-5-9/h6-7,11H,2-5H2,1H3,(H,12,13). The first-order valence-corrected chi connectivity index (χ1v) is 5.24. The second kappa shape index (κ2) is 3.14. The molecule has 0 aromatic rings. The Labute approximate surface area is 83.2 Å². The molecule has 1 saturated heterocycles. The molecule has 3 nitrogen and oxygen atoms in total. The number of hydrogen-bond acceptors (Lipinski definition) is 2. The van der Waals surface area contributed by atoms with E-state index in [-0.39, 0.29) is 11.4 Å². The van der Waals surface area contributed by atoms with E-state index in [9.17, 15) is 4.79 Å². The van der Waals surface area contributed by atoms with Gasteiger partial charge in [0.1, 0.15) is 5.38 Å². The van der Waals surface area contributed by atoms with E-state index in [1.54, 1.807) is 6.92 Å². The molecule has 0 radical (unpaired) electrons. The van der Waals surface area contributed by atoms with E-state index in [0.29, 0.717) is 5.92 Å². The number of alkyl halides is 1. The molecule has 2 fully saturated rings. The monoisotopic (exact) mass is 202 g/mol. The summed E-state index contributed by atoms with van der Waals surface area (Å²) >= 11 is 5.71. The lowest BCUT2D eigenvalue weighted by Crippen LogP contribution is -2.61. The predicted molar refractivity (Wildman–Crippen MR) is 51.8 cm³/mol. The summed E-state index contributed by atoms with van der Waals surface area (Å²) in [6, 6.07) is 0. The summed E-state index contributed by atoms with van der Waals surface area (Å²) in [7, 11) is 0. The molecule has 2 rings (SSSR count). The maximum absolute atomic E-state index is 11.4. The van der Waals surface area contributed by atoms with Crippen molar-refractivity contribution in [2.75, 3.05) is 13.1 Å². The van der Waals surface area contributed by atoms with Crippen LogP contribution in [0.3, 0.4) is 0 Å². The maximum Gasteiger partial charge on any atom is 0.238 e. The molecular formula is C9H15ClN2O. The van der Waals surface area contributed by atoms with Gasteiger partial charge in [0.05, 0.1) is 5.54 Å². The van der Waals surface area contributed by atoms with Crippen LogP contribution in [-0.2, 0) is 4.79 Å². The van der Waals surface area contributed by atoms with Gasteiger partial charge in [0, 0.05) is 13.1 Å². The zero-order chi connectivity index (χ0) is 9.47. The number of amides is 1. The van der Waals surface area contributed by atoms with E-state index in [1.165, 1.54) is 6.42 Å². The first-order chi connectivity index (χ1) is 6.14. The second-order valence-corrected chi connectivity index (χ2v) is 4.78. The van der Waals surface area contributed by atoms with Crippen LogP contribution in [0.25, 0.3) is 0 Å². The van der Waals surface area contributed by atoms with Crippen molar-refractivity contribution in [3.05, 3.63) is 0 Å². The number of nitrogens with one attached hydrogen (secondary N) is 2. The van der Waals surface area contributed by atoms with Crippen LogP contribution in [0, 0.1) is 5.92 Å². The normalized spacial score (nSPS) is 39.1. The summed E-state index contributed by atoms with van der Waals surface area (Å²) in [6.07, 6.45) is 2.32. The van der Waals surface area contributed by atoms with Crippen LogP contribution in [0.2, 0.25) is 0 Å². The van der Waals surface area contributed by atoms with Gasteiger partial charge >= 0.3 is 0 Å². The van der Waals surface area contributed by atoms with E-state index >= 15 is 0 Å². The Morgan fingerprint density at radius 2 is 2.54 bits per heavy atom. The summed E-state index contributed by atoms with van der Waals surface area (Å²) in [5.41, 5.74) is 0.0419. The molecule has 0 aromatic carbocycles. The van der Waals surface area contributed by atoms with Crippen molar-refractivity contribution in [1.29, 1.82) is 0 Å². The Bertz CT molecular complexity index is 232. The van der Waals surface area contributed by atoms with E-state index in [4.69, 9.17) is 11.6 Å². The summed E-state index contributed by atoms with van der Waals surface area (Å²) in [5.74, 6) is 0.599. The van der Waals surface area contributed by atoms with Crippen molar-refractivity contribution in [3.8, 4) is 0 Å². The highest BCUT2D eigenvalue weighted by Crippen LogP contribution is 2.41. The fourth-order valence-corrected chi connectivity index (χ4v) is 2.30. The van der Waals surface area contributed by atoms with Crippen molar-refractivity contribution in [2.24, 2.45) is 5.92 Å². The van der Waals surface area contributed by atoms with Crippen LogP contribution < -0.4 is 10.6 Å². The molecule has 4 heteroatoms. The molecule has 2 aliphatic rings. The molecule has 13 heavy (non-hydrogen) atoms. The average molecular weight is 203 g/mol. The summed E-state index contributed by atoms with van der Waals surface area (Å²) in [5, 5.41) is 5.95. The molecule has 0 bridgehead atoms. The van der Waals surface area contributed by atoms with Gasteiger partial charge in [-0.25, -0.2) is 0 Å². The van der Waals surface area contributed by atoms with Gasteiger partial charge in [0.15, 0.2) is 0 Å². The summed E-state index contributed by atoms with van der Waals surface area (Å²) in [6.45, 7) is 3.66. The fraction of sp³-hybridized carbons (Fsp3) is 0.889. The Morgan fingerprint density at radius 1 is 1.77 bits per heavy atom. The average Bonchev–Trinajstić information content (AvgIpc) is 2.31. The lowest BCUT2D eigenvalue weighted by molar-refractivity contribution is -0.124. The lowest BCUT2D eigenvalue weighted by Gasteiger charge is -2.45. The highest BCUT2D eigenvalue weighted by Gasteiger charge is 2.50. The van der Waals surface area contributed by atoms with Crippen molar-refractivity contribution in [3.63, 3.8) is 0 Å². The summed E-state index contributed by atoms with van der Waals surface area (Å²) in [4.78, 5) is 11.4. The molecule has 1 saturated carbocycles. The van der Waals surface area contributed by atoms with Gasteiger partial charge in [0.2, 0.25) is 5.91 Å². The van der Waals surface area contributed by atoms with E-state index < -0.39 is 5.38 Å². The molecule has 0 aromatic heterocycles. The van der Waals surface area contributed by atoms with Crippen LogP contribution in [0.4, 0.5) is 0 Å². The third-order valence-corrected chi connectivity index (χ3v) is 3.48. The predicted octanol–water partition coefficient (Wildman–Crippen LogP) is 0.482. The lowest BCUT2D eigenvalue weighted by atomic mass is 9.69. The van der Waals surface area contributed by atoms with Crippen LogP contribution in [0.5, 0.6) is 0 Å². The zero-order valence-corrected chi connectivity index (χ0v) is 8.53. The molecule has 2 N–H and O–H groups in total. The van der Waals surface area contributed by atoms with Gasteiger partial charge in [-0.05, 0) is 25.7 Å². The van der Waals surface area contributed by atoms with Crippen LogP contribution >= 0.6 is 11.6 Å². The van der Waals surface area contributed by atoms with Gasteiger partial charge in [0.25, 0.3) is 0 Å². The number of carbonyl (C=O) groups is 1. The molecule has 1 heterocycles. The minimum atomic E-state index is -0.420. The van der Waals surface area contributed by atoms with E-state index in [1.807, 2.05) is 0 Å². The largest absolute Gasteiger partial charge is 0.348 e. The van der Waals surface area contributed by atoms with Crippen LogP contribution in [0.15, 0.2) is 0 Å². The Kier molecular flexibility index (Phi) is 2.24. The number of halogens is 1. The Balaban J connectivity index is 1.97. The first kappa shape index (κ1) is 9.28. The summed E-state index contributed by atoms with van der Waals surface area (Å²) < 4.78 is 0. The Hall–Kier alpha value is -0.280. The van der Waals surface area contributed by atoms with Crippen molar-refractivity contribution >= 4 is 17.5 Å². The smallest absolute Gasteiger partial charge is 0.238 e. The molecular weight excluding hydrogens is 188 g/mol. The quantitative estimate of drug-likeness (QED) is 0.640. The topological polar surface area (TPSA) is 41.1 Å². The molecule has 1 aliphatic carbocycles. The third-order valence-electron chi connectivity index (χ3n) is 3.29. The molecule has 3 unspecified atom stereocenters. The molecule has 0 spiro atoms. The SMILES string of the molecule is CC(Cl)C(=O)NC12CCC1CNC2. The van der Waals surface area contributed by atoms with E-state index in [2.05, 4.69) is 10.6 Å².